The van der Waals surface area contributed by atoms with Gasteiger partial charge in [0, 0.05) is 12.4 Å². The van der Waals surface area contributed by atoms with Crippen LogP contribution in [0.3, 0.4) is 0 Å². The molecule has 12 heavy (non-hydrogen) atoms. The minimum Gasteiger partial charge on any atom is -0.354 e. The predicted molar refractivity (Wildman–Crippen MR) is 53.8 cm³/mol. The van der Waals surface area contributed by atoms with Gasteiger partial charge in [0.05, 0.1) is 4.75 Å². The quantitative estimate of drug-likeness (QED) is 0.713. The van der Waals surface area contributed by atoms with E-state index in [9.17, 15) is 4.79 Å². The van der Waals surface area contributed by atoms with Crippen molar-refractivity contribution in [2.75, 3.05) is 18.2 Å². The van der Waals surface area contributed by atoms with Crippen molar-refractivity contribution in [2.24, 2.45) is 0 Å². The Morgan fingerprint density at radius 3 is 3.00 bits per heavy atom. The van der Waals surface area contributed by atoms with Crippen LogP contribution in [0.2, 0.25) is 0 Å². The lowest BCUT2D eigenvalue weighted by atomic mass is 10.1. The summed E-state index contributed by atoms with van der Waals surface area (Å²) in [5.74, 6) is 1.74. The molecule has 1 atom stereocenters. The number of thioether (sulfide) groups is 1. The van der Waals surface area contributed by atoms with Gasteiger partial charge in [-0.25, -0.2) is 0 Å². The fourth-order valence-electron chi connectivity index (χ4n) is 1.31. The number of carbonyl (C=O) groups is 1. The molecule has 0 bridgehead atoms. The summed E-state index contributed by atoms with van der Waals surface area (Å²) in [6.07, 6.45) is 2.14. The number of alkyl halides is 1. The number of halogens is 1. The van der Waals surface area contributed by atoms with Crippen LogP contribution in [0.15, 0.2) is 0 Å². The number of hydrogen-bond acceptors (Lipinski definition) is 2. The van der Waals surface area contributed by atoms with Crippen molar-refractivity contribution >= 4 is 29.3 Å². The van der Waals surface area contributed by atoms with Crippen LogP contribution in [0.25, 0.3) is 0 Å². The van der Waals surface area contributed by atoms with Crippen molar-refractivity contribution in [3.63, 3.8) is 0 Å². The van der Waals surface area contributed by atoms with Crippen molar-refractivity contribution < 1.29 is 4.79 Å². The summed E-state index contributed by atoms with van der Waals surface area (Å²) in [6, 6.07) is 0. The van der Waals surface area contributed by atoms with E-state index in [1.807, 2.05) is 6.92 Å². The van der Waals surface area contributed by atoms with Gasteiger partial charge in [-0.3, -0.25) is 4.79 Å². The maximum absolute atomic E-state index is 11.5. The number of amides is 1. The lowest BCUT2D eigenvalue weighted by Crippen LogP contribution is -2.41. The van der Waals surface area contributed by atoms with Gasteiger partial charge in [0.25, 0.3) is 0 Å². The van der Waals surface area contributed by atoms with Gasteiger partial charge >= 0.3 is 0 Å². The number of carbonyl (C=O) groups excluding carboxylic acids is 1. The summed E-state index contributed by atoms with van der Waals surface area (Å²) in [7, 11) is 0. The van der Waals surface area contributed by atoms with Crippen molar-refractivity contribution in [2.45, 2.75) is 24.5 Å². The van der Waals surface area contributed by atoms with E-state index >= 15 is 0 Å². The Hall–Kier alpha value is 0.110. The van der Waals surface area contributed by atoms with Crippen LogP contribution >= 0.6 is 23.4 Å². The molecule has 4 heteroatoms. The summed E-state index contributed by atoms with van der Waals surface area (Å²) < 4.78 is -0.188. The highest BCUT2D eigenvalue weighted by atomic mass is 35.5. The second-order valence-electron chi connectivity index (χ2n) is 3.13. The minimum absolute atomic E-state index is 0.144. The van der Waals surface area contributed by atoms with Crippen LogP contribution in [-0.2, 0) is 4.79 Å². The van der Waals surface area contributed by atoms with E-state index in [1.54, 1.807) is 11.8 Å². The molecule has 2 nitrogen and oxygen atoms in total. The molecule has 1 saturated heterocycles. The molecule has 1 unspecified atom stereocenters. The van der Waals surface area contributed by atoms with Gasteiger partial charge in [-0.1, -0.05) is 0 Å². The number of hydrogen-bond donors (Lipinski definition) is 1. The van der Waals surface area contributed by atoms with E-state index in [4.69, 9.17) is 11.6 Å². The first-order valence-electron chi connectivity index (χ1n) is 4.17. The summed E-state index contributed by atoms with van der Waals surface area (Å²) in [5, 5.41) is 2.82. The average Bonchev–Trinajstić information content (AvgIpc) is 2.49. The molecule has 0 aromatic carbocycles. The predicted octanol–water partition coefficient (Wildman–Crippen LogP) is 1.63. The molecule has 1 amide bonds. The molecule has 1 N–H and O–H groups in total. The lowest BCUT2D eigenvalue weighted by Gasteiger charge is -2.20. The second-order valence-corrected chi connectivity index (χ2v) is 5.10. The highest BCUT2D eigenvalue weighted by Crippen LogP contribution is 2.37. The van der Waals surface area contributed by atoms with Crippen LogP contribution in [-0.4, -0.2) is 28.8 Å². The molecule has 1 fully saturated rings. The highest BCUT2D eigenvalue weighted by Gasteiger charge is 2.36. The lowest BCUT2D eigenvalue weighted by molar-refractivity contribution is -0.122. The smallest absolute Gasteiger partial charge is 0.235 e. The molecule has 0 saturated carbocycles. The third-order valence-corrected chi connectivity index (χ3v) is 3.79. The molecule has 1 aliphatic rings. The van der Waals surface area contributed by atoms with Gasteiger partial charge in [-0.05, 0) is 25.5 Å². The molecule has 0 aromatic heterocycles. The zero-order chi connectivity index (χ0) is 9.03. The highest BCUT2D eigenvalue weighted by molar-refractivity contribution is 8.01. The third-order valence-electron chi connectivity index (χ3n) is 2.08. The van der Waals surface area contributed by atoms with Crippen molar-refractivity contribution in [3.05, 3.63) is 0 Å². The SMILES string of the molecule is CC1(C(=O)NCCCl)CCCS1. The van der Waals surface area contributed by atoms with E-state index in [1.165, 1.54) is 0 Å². The van der Waals surface area contributed by atoms with E-state index in [2.05, 4.69) is 5.32 Å². The van der Waals surface area contributed by atoms with Crippen LogP contribution in [0.4, 0.5) is 0 Å². The second kappa shape index (κ2) is 4.38. The first kappa shape index (κ1) is 10.2. The summed E-state index contributed by atoms with van der Waals surface area (Å²) in [5.41, 5.74) is 0. The third kappa shape index (κ3) is 2.30. The van der Waals surface area contributed by atoms with Gasteiger partial charge < -0.3 is 5.32 Å². The normalized spacial score (nSPS) is 28.8. The van der Waals surface area contributed by atoms with E-state index < -0.39 is 0 Å². The fraction of sp³-hybridized carbons (Fsp3) is 0.875. The van der Waals surface area contributed by atoms with Crippen LogP contribution in [0.1, 0.15) is 19.8 Å². The molecule has 1 heterocycles. The Kier molecular flexibility index (Phi) is 3.72. The summed E-state index contributed by atoms with van der Waals surface area (Å²) in [4.78, 5) is 11.5. The van der Waals surface area contributed by atoms with Crippen molar-refractivity contribution in [3.8, 4) is 0 Å². The maximum Gasteiger partial charge on any atom is 0.235 e. The van der Waals surface area contributed by atoms with Crippen LogP contribution in [0, 0.1) is 0 Å². The van der Waals surface area contributed by atoms with Gasteiger partial charge in [-0.2, -0.15) is 0 Å². The van der Waals surface area contributed by atoms with E-state index in [-0.39, 0.29) is 10.7 Å². The van der Waals surface area contributed by atoms with Gasteiger partial charge in [0.2, 0.25) is 5.91 Å². The molecule has 70 valence electrons. The zero-order valence-corrected chi connectivity index (χ0v) is 8.80. The molecule has 1 aliphatic heterocycles. The molecular weight excluding hydrogens is 194 g/mol. The average molecular weight is 208 g/mol. The monoisotopic (exact) mass is 207 g/mol. The Bertz CT molecular complexity index is 168. The number of rotatable bonds is 3. The standard InChI is InChI=1S/C8H14ClNOS/c1-8(3-2-6-12-8)7(11)10-5-4-9/h2-6H2,1H3,(H,10,11). The Labute approximate surface area is 82.4 Å². The van der Waals surface area contributed by atoms with Gasteiger partial charge in [0.1, 0.15) is 0 Å². The molecule has 0 aromatic rings. The first-order valence-corrected chi connectivity index (χ1v) is 5.69. The Morgan fingerprint density at radius 1 is 1.75 bits per heavy atom. The Morgan fingerprint density at radius 2 is 2.50 bits per heavy atom. The van der Waals surface area contributed by atoms with Crippen LogP contribution < -0.4 is 5.32 Å². The van der Waals surface area contributed by atoms with E-state index in [0.29, 0.717) is 12.4 Å². The number of nitrogens with one attached hydrogen (secondary N) is 1. The molecule has 1 rings (SSSR count). The Balaban J connectivity index is 2.39. The zero-order valence-electron chi connectivity index (χ0n) is 7.23. The fourth-order valence-corrected chi connectivity index (χ4v) is 2.63. The summed E-state index contributed by atoms with van der Waals surface area (Å²) >= 11 is 7.22. The molecule has 0 aliphatic carbocycles. The molecular formula is C8H14ClNOS. The van der Waals surface area contributed by atoms with Crippen molar-refractivity contribution in [1.82, 2.24) is 5.32 Å². The van der Waals surface area contributed by atoms with Gasteiger partial charge in [-0.15, -0.1) is 23.4 Å². The largest absolute Gasteiger partial charge is 0.354 e. The first-order chi connectivity index (χ1) is 5.69. The maximum atomic E-state index is 11.5. The summed E-state index contributed by atoms with van der Waals surface area (Å²) in [6.45, 7) is 2.59. The molecule has 0 radical (unpaired) electrons. The minimum atomic E-state index is -0.188. The van der Waals surface area contributed by atoms with Gasteiger partial charge in [0.15, 0.2) is 0 Å². The van der Waals surface area contributed by atoms with Crippen molar-refractivity contribution in [1.29, 1.82) is 0 Å². The topological polar surface area (TPSA) is 29.1 Å². The van der Waals surface area contributed by atoms with Crippen LogP contribution in [0.5, 0.6) is 0 Å². The molecule has 0 spiro atoms. The van der Waals surface area contributed by atoms with E-state index in [0.717, 1.165) is 18.6 Å².